The number of halogens is 1. The van der Waals surface area contributed by atoms with Crippen molar-refractivity contribution in [2.24, 2.45) is 5.92 Å². The van der Waals surface area contributed by atoms with Crippen molar-refractivity contribution >= 4 is 21.8 Å². The number of aromatic nitrogens is 2. The molecule has 5 heteroatoms. The van der Waals surface area contributed by atoms with E-state index in [1.165, 1.54) is 4.68 Å². The molecule has 0 N–H and O–H groups in total. The van der Waals surface area contributed by atoms with Gasteiger partial charge < -0.3 is 4.74 Å². The van der Waals surface area contributed by atoms with Gasteiger partial charge in [-0.2, -0.15) is 5.10 Å². The monoisotopic (exact) mass is 378 g/mol. The Morgan fingerprint density at radius 2 is 2.00 bits per heavy atom. The number of ether oxygens (including phenoxy) is 1. The SMILES string of the molecule is Cc1ccc(OCC(=O)n2nc(C)c(CC(C)C)c2C)c(Br)c1. The molecule has 0 saturated carbocycles. The molecule has 0 aliphatic heterocycles. The molecule has 0 radical (unpaired) electrons. The van der Waals surface area contributed by atoms with E-state index >= 15 is 0 Å². The summed E-state index contributed by atoms with van der Waals surface area (Å²) in [5.41, 5.74) is 4.12. The van der Waals surface area contributed by atoms with Crippen LogP contribution in [-0.4, -0.2) is 22.3 Å². The summed E-state index contributed by atoms with van der Waals surface area (Å²) in [6.07, 6.45) is 0.926. The van der Waals surface area contributed by atoms with Gasteiger partial charge in [0.2, 0.25) is 0 Å². The van der Waals surface area contributed by atoms with E-state index in [1.807, 2.05) is 39.0 Å². The first-order valence-corrected chi connectivity index (χ1v) is 8.56. The normalized spacial score (nSPS) is 11.1. The fourth-order valence-electron chi connectivity index (χ4n) is 2.55. The Morgan fingerprint density at radius 3 is 2.61 bits per heavy atom. The van der Waals surface area contributed by atoms with Crippen molar-refractivity contribution in [3.05, 3.63) is 45.2 Å². The summed E-state index contributed by atoms with van der Waals surface area (Å²) in [6.45, 7) is 10.2. The fourth-order valence-corrected chi connectivity index (χ4v) is 3.15. The smallest absolute Gasteiger partial charge is 0.284 e. The topological polar surface area (TPSA) is 44.1 Å². The lowest BCUT2D eigenvalue weighted by molar-refractivity contribution is 0.0817. The highest BCUT2D eigenvalue weighted by atomic mass is 79.9. The van der Waals surface area contributed by atoms with Crippen LogP contribution in [0.2, 0.25) is 0 Å². The Bertz CT molecular complexity index is 720. The van der Waals surface area contributed by atoms with Crippen molar-refractivity contribution in [3.63, 3.8) is 0 Å². The molecule has 1 aromatic heterocycles. The lowest BCUT2D eigenvalue weighted by Crippen LogP contribution is -2.22. The second-order valence-corrected chi connectivity index (χ2v) is 7.13. The predicted octanol–water partition coefficient (Wildman–Crippen LogP) is 4.49. The van der Waals surface area contributed by atoms with Crippen molar-refractivity contribution < 1.29 is 9.53 Å². The fraction of sp³-hybridized carbons (Fsp3) is 0.444. The molecule has 0 fully saturated rings. The number of aryl methyl sites for hydroxylation is 2. The van der Waals surface area contributed by atoms with Crippen LogP contribution in [0.5, 0.6) is 5.75 Å². The molecule has 0 unspecified atom stereocenters. The summed E-state index contributed by atoms with van der Waals surface area (Å²) < 4.78 is 7.95. The van der Waals surface area contributed by atoms with E-state index < -0.39 is 0 Å². The highest BCUT2D eigenvalue weighted by Gasteiger charge is 2.18. The first kappa shape index (κ1) is 17.7. The molecule has 1 heterocycles. The predicted molar refractivity (Wildman–Crippen MR) is 95.2 cm³/mol. The van der Waals surface area contributed by atoms with Crippen molar-refractivity contribution in [2.45, 2.75) is 41.0 Å². The zero-order chi connectivity index (χ0) is 17.1. The Balaban J connectivity index is 2.12. The summed E-state index contributed by atoms with van der Waals surface area (Å²) in [5, 5.41) is 4.39. The van der Waals surface area contributed by atoms with Crippen LogP contribution in [0.3, 0.4) is 0 Å². The zero-order valence-corrected chi connectivity index (χ0v) is 15.9. The lowest BCUT2D eigenvalue weighted by atomic mass is 10.0. The van der Waals surface area contributed by atoms with Crippen molar-refractivity contribution in [1.29, 1.82) is 0 Å². The molecule has 0 amide bonds. The minimum atomic E-state index is -0.159. The van der Waals surface area contributed by atoms with E-state index in [4.69, 9.17) is 4.74 Å². The van der Waals surface area contributed by atoms with Gasteiger partial charge in [0.05, 0.1) is 10.2 Å². The third-order valence-corrected chi connectivity index (χ3v) is 4.35. The maximum Gasteiger partial charge on any atom is 0.284 e. The van der Waals surface area contributed by atoms with Gasteiger partial charge >= 0.3 is 0 Å². The minimum absolute atomic E-state index is 0.0370. The molecule has 0 aliphatic carbocycles. The van der Waals surface area contributed by atoms with E-state index in [2.05, 4.69) is 34.9 Å². The van der Waals surface area contributed by atoms with Gasteiger partial charge in [0.25, 0.3) is 5.91 Å². The maximum absolute atomic E-state index is 12.4. The van der Waals surface area contributed by atoms with E-state index in [0.29, 0.717) is 11.7 Å². The molecule has 0 saturated heterocycles. The molecular formula is C18H23BrN2O2. The molecule has 0 aliphatic rings. The van der Waals surface area contributed by atoms with Gasteiger partial charge in [-0.15, -0.1) is 0 Å². The highest BCUT2D eigenvalue weighted by molar-refractivity contribution is 9.10. The van der Waals surface area contributed by atoms with Crippen LogP contribution in [0.15, 0.2) is 22.7 Å². The van der Waals surface area contributed by atoms with Gasteiger partial charge in [0, 0.05) is 5.69 Å². The van der Waals surface area contributed by atoms with E-state index in [-0.39, 0.29) is 12.5 Å². The molecule has 0 atom stereocenters. The Labute approximate surface area is 146 Å². The van der Waals surface area contributed by atoms with Crippen LogP contribution in [0.25, 0.3) is 0 Å². The maximum atomic E-state index is 12.4. The van der Waals surface area contributed by atoms with Crippen LogP contribution in [0, 0.1) is 26.7 Å². The van der Waals surface area contributed by atoms with Crippen LogP contribution < -0.4 is 4.74 Å². The minimum Gasteiger partial charge on any atom is -0.483 e. The standard InChI is InChI=1S/C18H23BrN2O2/c1-11(2)8-15-13(4)20-21(14(15)5)18(22)10-23-17-7-6-12(3)9-16(17)19/h6-7,9,11H,8,10H2,1-5H3. The Morgan fingerprint density at radius 1 is 1.30 bits per heavy atom. The van der Waals surface area contributed by atoms with Crippen molar-refractivity contribution in [2.75, 3.05) is 6.61 Å². The third kappa shape index (κ3) is 4.22. The molecule has 23 heavy (non-hydrogen) atoms. The van der Waals surface area contributed by atoms with Gasteiger partial charge in [0.15, 0.2) is 6.61 Å². The third-order valence-electron chi connectivity index (χ3n) is 3.73. The summed E-state index contributed by atoms with van der Waals surface area (Å²) in [6, 6.07) is 5.77. The van der Waals surface area contributed by atoms with Gasteiger partial charge in [0.1, 0.15) is 5.75 Å². The number of hydrogen-bond acceptors (Lipinski definition) is 3. The van der Waals surface area contributed by atoms with E-state index in [9.17, 15) is 4.79 Å². The summed E-state index contributed by atoms with van der Waals surface area (Å²) in [5.74, 6) is 1.03. The van der Waals surface area contributed by atoms with Crippen LogP contribution in [-0.2, 0) is 6.42 Å². The molecule has 0 spiro atoms. The largest absolute Gasteiger partial charge is 0.483 e. The Kier molecular flexibility index (Phi) is 5.63. The van der Waals surface area contributed by atoms with E-state index in [0.717, 1.165) is 33.4 Å². The number of carbonyl (C=O) groups is 1. The molecule has 1 aromatic carbocycles. The number of nitrogens with zero attached hydrogens (tertiary/aromatic N) is 2. The highest BCUT2D eigenvalue weighted by Crippen LogP contribution is 2.25. The van der Waals surface area contributed by atoms with Gasteiger partial charge in [-0.1, -0.05) is 19.9 Å². The quantitative estimate of drug-likeness (QED) is 0.769. The second kappa shape index (κ2) is 7.30. The first-order valence-electron chi connectivity index (χ1n) is 7.76. The van der Waals surface area contributed by atoms with Crippen molar-refractivity contribution in [3.8, 4) is 5.75 Å². The number of benzene rings is 1. The Hall–Kier alpha value is -1.62. The lowest BCUT2D eigenvalue weighted by Gasteiger charge is -2.09. The first-order chi connectivity index (χ1) is 10.8. The molecule has 2 aromatic rings. The average Bonchev–Trinajstić information content (AvgIpc) is 2.74. The van der Waals surface area contributed by atoms with Crippen LogP contribution >= 0.6 is 15.9 Å². The average molecular weight is 379 g/mol. The van der Waals surface area contributed by atoms with Crippen LogP contribution in [0.4, 0.5) is 0 Å². The zero-order valence-electron chi connectivity index (χ0n) is 14.3. The summed E-state index contributed by atoms with van der Waals surface area (Å²) in [4.78, 5) is 12.4. The molecular weight excluding hydrogens is 356 g/mol. The van der Waals surface area contributed by atoms with Gasteiger partial charge in [-0.25, -0.2) is 4.68 Å². The van der Waals surface area contributed by atoms with Gasteiger partial charge in [-0.3, -0.25) is 4.79 Å². The van der Waals surface area contributed by atoms with Gasteiger partial charge in [-0.05, 0) is 72.3 Å². The summed E-state index contributed by atoms with van der Waals surface area (Å²) in [7, 11) is 0. The molecule has 124 valence electrons. The van der Waals surface area contributed by atoms with E-state index in [1.54, 1.807) is 0 Å². The van der Waals surface area contributed by atoms with Crippen molar-refractivity contribution in [1.82, 2.24) is 9.78 Å². The molecule has 4 nitrogen and oxygen atoms in total. The number of rotatable bonds is 5. The molecule has 2 rings (SSSR count). The second-order valence-electron chi connectivity index (χ2n) is 6.28. The number of hydrogen-bond donors (Lipinski definition) is 0. The molecule has 0 bridgehead atoms. The summed E-state index contributed by atoms with van der Waals surface area (Å²) >= 11 is 3.45. The number of carbonyl (C=O) groups excluding carboxylic acids is 1. The van der Waals surface area contributed by atoms with Crippen LogP contribution in [0.1, 0.15) is 41.2 Å².